The summed E-state index contributed by atoms with van der Waals surface area (Å²) in [4.78, 5) is 0. The average Bonchev–Trinajstić information content (AvgIpc) is 2.37. The van der Waals surface area contributed by atoms with Gasteiger partial charge >= 0.3 is 0 Å². The van der Waals surface area contributed by atoms with Gasteiger partial charge in [-0.25, -0.2) is 4.39 Å². The van der Waals surface area contributed by atoms with Crippen LogP contribution in [0.15, 0.2) is 24.3 Å². The van der Waals surface area contributed by atoms with E-state index in [0.29, 0.717) is 5.56 Å². The van der Waals surface area contributed by atoms with E-state index in [-0.39, 0.29) is 11.7 Å². The molecule has 0 amide bonds. The summed E-state index contributed by atoms with van der Waals surface area (Å²) in [5, 5.41) is 4.95. The molecule has 0 unspecified atom stereocenters. The van der Waals surface area contributed by atoms with E-state index in [1.165, 1.54) is 6.07 Å². The van der Waals surface area contributed by atoms with Crippen molar-refractivity contribution >= 4 is 16.5 Å². The molecule has 92 valence electrons. The summed E-state index contributed by atoms with van der Waals surface area (Å²) >= 11 is 0. The predicted octanol–water partition coefficient (Wildman–Crippen LogP) is 4.13. The molecular formula is C16H16FN. The van der Waals surface area contributed by atoms with Crippen LogP contribution in [-0.4, -0.2) is 7.05 Å². The average molecular weight is 241 g/mol. The standard InChI is InChI=1S/C16H16FN/c1-5-13-15(17)7-6-11-8-12(18-4)9-14(10(2)3)16(11)13/h1,6-10,18H,2-4H3. The van der Waals surface area contributed by atoms with E-state index in [2.05, 4.69) is 25.1 Å². The lowest BCUT2D eigenvalue weighted by Gasteiger charge is -2.15. The van der Waals surface area contributed by atoms with E-state index in [0.717, 1.165) is 22.0 Å². The Balaban J connectivity index is 2.93. The molecule has 18 heavy (non-hydrogen) atoms. The fourth-order valence-corrected chi connectivity index (χ4v) is 2.21. The minimum atomic E-state index is -0.330. The van der Waals surface area contributed by atoms with Gasteiger partial charge in [0.25, 0.3) is 0 Å². The molecule has 0 aliphatic heterocycles. The van der Waals surface area contributed by atoms with Gasteiger partial charge in [0.1, 0.15) is 5.82 Å². The van der Waals surface area contributed by atoms with Gasteiger partial charge in [-0.3, -0.25) is 0 Å². The fourth-order valence-electron chi connectivity index (χ4n) is 2.21. The number of hydrogen-bond acceptors (Lipinski definition) is 1. The molecule has 2 aromatic rings. The number of fused-ring (bicyclic) bond motifs is 1. The quantitative estimate of drug-likeness (QED) is 0.780. The molecule has 0 aliphatic carbocycles. The van der Waals surface area contributed by atoms with Crippen molar-refractivity contribution < 1.29 is 4.39 Å². The molecule has 2 rings (SSSR count). The maximum atomic E-state index is 13.8. The number of hydrogen-bond donors (Lipinski definition) is 1. The van der Waals surface area contributed by atoms with Gasteiger partial charge < -0.3 is 5.32 Å². The topological polar surface area (TPSA) is 12.0 Å². The third-order valence-electron chi connectivity index (χ3n) is 3.15. The lowest BCUT2D eigenvalue weighted by Crippen LogP contribution is -1.98. The Morgan fingerprint density at radius 3 is 2.56 bits per heavy atom. The van der Waals surface area contributed by atoms with Crippen LogP contribution in [0.5, 0.6) is 0 Å². The highest BCUT2D eigenvalue weighted by molar-refractivity contribution is 5.94. The Bertz CT molecular complexity index is 636. The molecule has 0 saturated heterocycles. The van der Waals surface area contributed by atoms with Crippen molar-refractivity contribution in [3.63, 3.8) is 0 Å². The Labute approximate surface area is 107 Å². The van der Waals surface area contributed by atoms with Crippen molar-refractivity contribution in [3.05, 3.63) is 41.2 Å². The second-order valence-electron chi connectivity index (χ2n) is 4.64. The largest absolute Gasteiger partial charge is 0.388 e. The number of terminal acetylenes is 1. The van der Waals surface area contributed by atoms with E-state index in [1.807, 2.05) is 19.2 Å². The summed E-state index contributed by atoms with van der Waals surface area (Å²) in [6.07, 6.45) is 5.45. The maximum Gasteiger partial charge on any atom is 0.139 e. The number of anilines is 1. The van der Waals surface area contributed by atoms with E-state index >= 15 is 0 Å². The van der Waals surface area contributed by atoms with E-state index in [4.69, 9.17) is 6.42 Å². The van der Waals surface area contributed by atoms with E-state index in [1.54, 1.807) is 6.07 Å². The molecule has 1 nitrogen and oxygen atoms in total. The summed E-state index contributed by atoms with van der Waals surface area (Å²) in [7, 11) is 1.87. The Hall–Kier alpha value is -2.01. The Kier molecular flexibility index (Phi) is 3.25. The second kappa shape index (κ2) is 4.70. The van der Waals surface area contributed by atoms with Crippen LogP contribution in [0.25, 0.3) is 10.8 Å². The zero-order chi connectivity index (χ0) is 13.3. The van der Waals surface area contributed by atoms with Gasteiger partial charge in [-0.05, 0) is 35.1 Å². The monoisotopic (exact) mass is 241 g/mol. The highest BCUT2D eigenvalue weighted by Crippen LogP contribution is 2.32. The maximum absolute atomic E-state index is 13.8. The van der Waals surface area contributed by atoms with Gasteiger partial charge in [0, 0.05) is 18.1 Å². The molecule has 0 aromatic heterocycles. The summed E-state index contributed by atoms with van der Waals surface area (Å²) in [5.74, 6) is 2.43. The number of rotatable bonds is 2. The first-order valence-electron chi connectivity index (χ1n) is 5.99. The number of nitrogens with one attached hydrogen (secondary N) is 1. The SMILES string of the molecule is C#Cc1c(F)ccc2cc(NC)cc(C(C)C)c12. The van der Waals surface area contributed by atoms with Gasteiger partial charge in [-0.15, -0.1) is 6.42 Å². The van der Waals surface area contributed by atoms with Gasteiger partial charge in [-0.1, -0.05) is 25.8 Å². The van der Waals surface area contributed by atoms with Crippen LogP contribution in [-0.2, 0) is 0 Å². The molecule has 0 atom stereocenters. The molecule has 2 heteroatoms. The minimum absolute atomic E-state index is 0.287. The lowest BCUT2D eigenvalue weighted by atomic mass is 9.92. The van der Waals surface area contributed by atoms with Crippen LogP contribution in [0.3, 0.4) is 0 Å². The Morgan fingerprint density at radius 2 is 2.00 bits per heavy atom. The molecule has 0 fully saturated rings. The third-order valence-corrected chi connectivity index (χ3v) is 3.15. The molecule has 0 bridgehead atoms. The molecule has 0 aliphatic rings. The first-order valence-corrected chi connectivity index (χ1v) is 5.99. The molecule has 0 heterocycles. The molecular weight excluding hydrogens is 225 g/mol. The van der Waals surface area contributed by atoms with Crippen LogP contribution in [0, 0.1) is 18.2 Å². The normalized spacial score (nSPS) is 10.7. The Morgan fingerprint density at radius 1 is 1.28 bits per heavy atom. The van der Waals surface area contributed by atoms with Crippen LogP contribution in [0.2, 0.25) is 0 Å². The van der Waals surface area contributed by atoms with Crippen molar-refractivity contribution in [1.29, 1.82) is 0 Å². The molecule has 2 aromatic carbocycles. The first kappa shape index (κ1) is 12.4. The molecule has 0 spiro atoms. The first-order chi connectivity index (χ1) is 8.58. The van der Waals surface area contributed by atoms with E-state index in [9.17, 15) is 4.39 Å². The molecule has 0 saturated carbocycles. The zero-order valence-corrected chi connectivity index (χ0v) is 10.8. The lowest BCUT2D eigenvalue weighted by molar-refractivity contribution is 0.626. The van der Waals surface area contributed by atoms with Crippen molar-refractivity contribution in [2.75, 3.05) is 12.4 Å². The minimum Gasteiger partial charge on any atom is -0.388 e. The van der Waals surface area contributed by atoms with Crippen molar-refractivity contribution in [2.45, 2.75) is 19.8 Å². The van der Waals surface area contributed by atoms with Gasteiger partial charge in [0.2, 0.25) is 0 Å². The van der Waals surface area contributed by atoms with Crippen LogP contribution < -0.4 is 5.32 Å². The third kappa shape index (κ3) is 1.93. The zero-order valence-electron chi connectivity index (χ0n) is 10.8. The van der Waals surface area contributed by atoms with Gasteiger partial charge in [0.05, 0.1) is 5.56 Å². The summed E-state index contributed by atoms with van der Waals surface area (Å²) in [5.41, 5.74) is 2.45. The predicted molar refractivity (Wildman–Crippen MR) is 75.5 cm³/mol. The van der Waals surface area contributed by atoms with Crippen molar-refractivity contribution in [1.82, 2.24) is 0 Å². The smallest absolute Gasteiger partial charge is 0.139 e. The number of halogens is 1. The van der Waals surface area contributed by atoms with Crippen molar-refractivity contribution in [2.24, 2.45) is 0 Å². The second-order valence-corrected chi connectivity index (χ2v) is 4.64. The van der Waals surface area contributed by atoms with Gasteiger partial charge in [0.15, 0.2) is 0 Å². The van der Waals surface area contributed by atoms with Gasteiger partial charge in [-0.2, -0.15) is 0 Å². The summed E-state index contributed by atoms with van der Waals surface area (Å²) in [6, 6.07) is 7.23. The van der Waals surface area contributed by atoms with E-state index < -0.39 is 0 Å². The summed E-state index contributed by atoms with van der Waals surface area (Å²) in [6.45, 7) is 4.17. The highest BCUT2D eigenvalue weighted by atomic mass is 19.1. The van der Waals surface area contributed by atoms with Crippen LogP contribution >= 0.6 is 0 Å². The summed E-state index contributed by atoms with van der Waals surface area (Å²) < 4.78 is 13.8. The van der Waals surface area contributed by atoms with Crippen molar-refractivity contribution in [3.8, 4) is 12.3 Å². The highest BCUT2D eigenvalue weighted by Gasteiger charge is 2.13. The number of benzene rings is 2. The van der Waals surface area contributed by atoms with Crippen LogP contribution in [0.4, 0.5) is 10.1 Å². The molecule has 1 N–H and O–H groups in total. The van der Waals surface area contributed by atoms with Crippen LogP contribution in [0.1, 0.15) is 30.9 Å². The molecule has 0 radical (unpaired) electrons. The fraction of sp³-hybridized carbons (Fsp3) is 0.250.